The number of hydrogen-bond donors (Lipinski definition) is 1. The topological polar surface area (TPSA) is 40.5 Å². The molecule has 0 spiro atoms. The van der Waals surface area contributed by atoms with E-state index in [2.05, 4.69) is 44.7 Å². The molecule has 124 valence electrons. The molecule has 1 aromatic carbocycles. The molecule has 0 unspecified atom stereocenters. The maximum atomic E-state index is 10.9. The zero-order valence-electron chi connectivity index (χ0n) is 14.6. The predicted molar refractivity (Wildman–Crippen MR) is 93.9 cm³/mol. The van der Waals surface area contributed by atoms with Gasteiger partial charge in [0, 0.05) is 18.8 Å². The Hall–Kier alpha value is -1.51. The number of anilines is 1. The number of aryl methyl sites for hydroxylation is 3. The van der Waals surface area contributed by atoms with E-state index in [4.69, 9.17) is 5.11 Å². The Bertz CT molecular complexity index is 459. The minimum absolute atomic E-state index is 0.196. The van der Waals surface area contributed by atoms with Crippen LogP contribution in [0.25, 0.3) is 0 Å². The molecule has 0 aromatic heterocycles. The van der Waals surface area contributed by atoms with Crippen molar-refractivity contribution < 1.29 is 9.90 Å². The van der Waals surface area contributed by atoms with Crippen molar-refractivity contribution in [2.75, 3.05) is 18.0 Å². The standard InChI is InChI=1S/C19H31NO2/c1-5-6-7-8-9-11-20(12-10-18(21)22)19-16(3)13-15(2)14-17(19)4/h13-14H,5-12H2,1-4H3,(H,21,22). The van der Waals surface area contributed by atoms with E-state index in [0.29, 0.717) is 6.54 Å². The second-order valence-corrected chi connectivity index (χ2v) is 6.29. The van der Waals surface area contributed by atoms with Crippen molar-refractivity contribution in [2.24, 2.45) is 0 Å². The summed E-state index contributed by atoms with van der Waals surface area (Å²) in [7, 11) is 0. The summed E-state index contributed by atoms with van der Waals surface area (Å²) in [4.78, 5) is 13.2. The number of carbonyl (C=O) groups is 1. The van der Waals surface area contributed by atoms with Crippen LogP contribution in [-0.2, 0) is 4.79 Å². The second-order valence-electron chi connectivity index (χ2n) is 6.29. The molecule has 22 heavy (non-hydrogen) atoms. The molecular weight excluding hydrogens is 274 g/mol. The highest BCUT2D eigenvalue weighted by Crippen LogP contribution is 2.27. The van der Waals surface area contributed by atoms with Gasteiger partial charge in [-0.3, -0.25) is 4.79 Å². The summed E-state index contributed by atoms with van der Waals surface area (Å²) in [6, 6.07) is 4.38. The molecule has 3 heteroatoms. The summed E-state index contributed by atoms with van der Waals surface area (Å²) in [6.45, 7) is 10.1. The van der Waals surface area contributed by atoms with Gasteiger partial charge in [-0.2, -0.15) is 0 Å². The SMILES string of the molecule is CCCCCCCN(CCC(=O)O)c1c(C)cc(C)cc1C. The largest absolute Gasteiger partial charge is 0.481 e. The van der Waals surface area contributed by atoms with Crippen molar-refractivity contribution in [2.45, 2.75) is 66.2 Å². The molecule has 1 N–H and O–H groups in total. The van der Waals surface area contributed by atoms with E-state index in [1.807, 2.05) is 0 Å². The molecule has 0 aliphatic heterocycles. The number of rotatable bonds is 10. The fourth-order valence-corrected chi connectivity index (χ4v) is 3.14. The van der Waals surface area contributed by atoms with Gasteiger partial charge in [0.15, 0.2) is 0 Å². The molecule has 1 aromatic rings. The Morgan fingerprint density at radius 1 is 1.00 bits per heavy atom. The number of carboxylic acid groups (broad SMARTS) is 1. The lowest BCUT2D eigenvalue weighted by atomic mass is 10.0. The van der Waals surface area contributed by atoms with Gasteiger partial charge >= 0.3 is 5.97 Å². The van der Waals surface area contributed by atoms with Crippen LogP contribution in [0.3, 0.4) is 0 Å². The Labute approximate surface area is 135 Å². The third kappa shape index (κ3) is 6.08. The van der Waals surface area contributed by atoms with Crippen LogP contribution in [-0.4, -0.2) is 24.2 Å². The van der Waals surface area contributed by atoms with E-state index in [1.54, 1.807) is 0 Å². The highest BCUT2D eigenvalue weighted by molar-refractivity contribution is 5.68. The van der Waals surface area contributed by atoms with Crippen LogP contribution in [0.4, 0.5) is 5.69 Å². The lowest BCUT2D eigenvalue weighted by Crippen LogP contribution is -2.28. The molecule has 0 bridgehead atoms. The number of nitrogens with zero attached hydrogens (tertiary/aromatic N) is 1. The van der Waals surface area contributed by atoms with E-state index < -0.39 is 5.97 Å². The van der Waals surface area contributed by atoms with Gasteiger partial charge < -0.3 is 10.0 Å². The zero-order chi connectivity index (χ0) is 16.5. The van der Waals surface area contributed by atoms with Gasteiger partial charge in [-0.1, -0.05) is 50.3 Å². The molecule has 0 aliphatic rings. The molecule has 3 nitrogen and oxygen atoms in total. The number of carboxylic acids is 1. The monoisotopic (exact) mass is 305 g/mol. The first-order chi connectivity index (χ1) is 10.5. The van der Waals surface area contributed by atoms with Crippen molar-refractivity contribution in [1.82, 2.24) is 0 Å². The Kier molecular flexibility index (Phi) is 8.00. The minimum Gasteiger partial charge on any atom is -0.481 e. The van der Waals surface area contributed by atoms with Crippen LogP contribution in [0.15, 0.2) is 12.1 Å². The molecule has 0 atom stereocenters. The summed E-state index contributed by atoms with van der Waals surface area (Å²) in [5.41, 5.74) is 4.98. The van der Waals surface area contributed by atoms with Crippen molar-refractivity contribution in [3.05, 3.63) is 28.8 Å². The Morgan fingerprint density at radius 3 is 2.14 bits per heavy atom. The van der Waals surface area contributed by atoms with Crippen LogP contribution in [0.5, 0.6) is 0 Å². The van der Waals surface area contributed by atoms with E-state index in [9.17, 15) is 4.79 Å². The third-order valence-corrected chi connectivity index (χ3v) is 4.08. The molecule has 0 saturated heterocycles. The maximum Gasteiger partial charge on any atom is 0.305 e. The second kappa shape index (κ2) is 9.50. The Balaban J connectivity index is 2.78. The lowest BCUT2D eigenvalue weighted by molar-refractivity contribution is -0.136. The van der Waals surface area contributed by atoms with Gasteiger partial charge in [-0.25, -0.2) is 0 Å². The van der Waals surface area contributed by atoms with Crippen molar-refractivity contribution in [3.63, 3.8) is 0 Å². The van der Waals surface area contributed by atoms with Gasteiger partial charge in [0.1, 0.15) is 0 Å². The average Bonchev–Trinajstić information content (AvgIpc) is 2.42. The smallest absolute Gasteiger partial charge is 0.305 e. The lowest BCUT2D eigenvalue weighted by Gasteiger charge is -2.28. The molecular formula is C19H31NO2. The van der Waals surface area contributed by atoms with Crippen LogP contribution >= 0.6 is 0 Å². The van der Waals surface area contributed by atoms with Crippen LogP contribution in [0.1, 0.15) is 62.1 Å². The quantitative estimate of drug-likeness (QED) is 0.627. The highest BCUT2D eigenvalue weighted by Gasteiger charge is 2.13. The molecule has 0 amide bonds. The van der Waals surface area contributed by atoms with Gasteiger partial charge in [-0.15, -0.1) is 0 Å². The number of unbranched alkanes of at least 4 members (excludes halogenated alkanes) is 4. The molecule has 0 fully saturated rings. The molecule has 0 heterocycles. The molecule has 1 rings (SSSR count). The fraction of sp³-hybridized carbons (Fsp3) is 0.632. The number of hydrogen-bond acceptors (Lipinski definition) is 2. The third-order valence-electron chi connectivity index (χ3n) is 4.08. The average molecular weight is 305 g/mol. The fourth-order valence-electron chi connectivity index (χ4n) is 3.14. The minimum atomic E-state index is -0.724. The van der Waals surface area contributed by atoms with Gasteiger partial charge in [0.05, 0.1) is 6.42 Å². The van der Waals surface area contributed by atoms with Gasteiger partial charge in [-0.05, 0) is 38.3 Å². The van der Waals surface area contributed by atoms with E-state index >= 15 is 0 Å². The molecule has 0 saturated carbocycles. The summed E-state index contributed by atoms with van der Waals surface area (Å²) < 4.78 is 0. The first-order valence-corrected chi connectivity index (χ1v) is 8.50. The zero-order valence-corrected chi connectivity index (χ0v) is 14.6. The van der Waals surface area contributed by atoms with Crippen molar-refractivity contribution in [3.8, 4) is 0 Å². The number of aliphatic carboxylic acids is 1. The molecule has 0 radical (unpaired) electrons. The van der Waals surface area contributed by atoms with Crippen LogP contribution in [0.2, 0.25) is 0 Å². The summed E-state index contributed by atoms with van der Waals surface area (Å²) in [5, 5.41) is 9.01. The van der Waals surface area contributed by atoms with Gasteiger partial charge in [0.2, 0.25) is 0 Å². The van der Waals surface area contributed by atoms with Crippen molar-refractivity contribution in [1.29, 1.82) is 0 Å². The van der Waals surface area contributed by atoms with E-state index in [-0.39, 0.29) is 6.42 Å². The van der Waals surface area contributed by atoms with Crippen LogP contribution < -0.4 is 4.90 Å². The first kappa shape index (κ1) is 18.5. The van der Waals surface area contributed by atoms with Crippen LogP contribution in [0, 0.1) is 20.8 Å². The maximum absolute atomic E-state index is 10.9. The number of benzene rings is 1. The Morgan fingerprint density at radius 2 is 1.59 bits per heavy atom. The van der Waals surface area contributed by atoms with E-state index in [1.165, 1.54) is 48.1 Å². The summed E-state index contributed by atoms with van der Waals surface area (Å²) >= 11 is 0. The highest BCUT2D eigenvalue weighted by atomic mass is 16.4. The normalized spacial score (nSPS) is 10.7. The van der Waals surface area contributed by atoms with Crippen molar-refractivity contribution >= 4 is 11.7 Å². The summed E-state index contributed by atoms with van der Waals surface area (Å²) in [6.07, 6.45) is 6.36. The van der Waals surface area contributed by atoms with Gasteiger partial charge in [0.25, 0.3) is 0 Å². The molecule has 0 aliphatic carbocycles. The van der Waals surface area contributed by atoms with E-state index in [0.717, 1.165) is 13.0 Å². The summed E-state index contributed by atoms with van der Waals surface area (Å²) in [5.74, 6) is -0.724. The first-order valence-electron chi connectivity index (χ1n) is 8.50. The predicted octanol–water partition coefficient (Wildman–Crippen LogP) is 4.86.